The second-order valence-electron chi connectivity index (χ2n) is 17.9. The molecule has 0 spiro atoms. The summed E-state index contributed by atoms with van der Waals surface area (Å²) in [6, 6.07) is 23.2. The van der Waals surface area contributed by atoms with Crippen LogP contribution in [0.3, 0.4) is 0 Å². The largest absolute Gasteiger partial charge is 0.496 e. The van der Waals surface area contributed by atoms with Gasteiger partial charge in [-0.15, -0.1) is 0 Å². The molecule has 0 saturated carbocycles. The van der Waals surface area contributed by atoms with Crippen molar-refractivity contribution in [1.29, 1.82) is 0 Å². The van der Waals surface area contributed by atoms with Gasteiger partial charge in [-0.25, -0.2) is 58.0 Å². The van der Waals surface area contributed by atoms with Crippen LogP contribution >= 0.6 is 0 Å². The lowest BCUT2D eigenvalue weighted by Crippen LogP contribution is -2.28. The molecule has 0 saturated heterocycles. The maximum atomic E-state index is 13.5. The van der Waals surface area contributed by atoms with E-state index in [9.17, 15) is 27.6 Å². The zero-order valence-corrected chi connectivity index (χ0v) is 48.1. The summed E-state index contributed by atoms with van der Waals surface area (Å²) in [5, 5.41) is 8.83. The van der Waals surface area contributed by atoms with E-state index in [1.54, 1.807) is 111 Å². The Kier molecular flexibility index (Phi) is 27.5. The van der Waals surface area contributed by atoms with Crippen molar-refractivity contribution in [2.75, 3.05) is 90.5 Å². The Hall–Kier alpha value is -11.3. The van der Waals surface area contributed by atoms with Crippen LogP contribution in [0.2, 0.25) is 0 Å². The molecule has 24 nitrogen and oxygen atoms in total. The summed E-state index contributed by atoms with van der Waals surface area (Å²) in [5.74, 6) is 0.875. The SMILES string of the molecule is C.C.C.CCOC(=O)CN(C)c1ncc(Oc2ncccc2-c2ccc(F)cc2OC)cn1.COC(=O)CN(C)c1ncc(Oc2ncccc2-c2ccc(F)cc2OC)cn1.COc1cc(F)ccc1-c1cccnc1Oc1cnc(N(C)CC(=O)O)nc1. The average Bonchev–Trinajstić information content (AvgIpc) is 1.32. The zero-order chi connectivity index (χ0) is 62.4. The van der Waals surface area contributed by atoms with E-state index in [4.69, 9.17) is 38.3 Å². The normalized spacial score (nSPS) is 10.0. The third-order valence-corrected chi connectivity index (χ3v) is 11.8. The summed E-state index contributed by atoms with van der Waals surface area (Å²) in [7, 11) is 10.6. The van der Waals surface area contributed by atoms with Crippen molar-refractivity contribution < 1.29 is 70.6 Å². The predicted molar refractivity (Wildman–Crippen MR) is 331 cm³/mol. The first-order valence-corrected chi connectivity index (χ1v) is 25.9. The van der Waals surface area contributed by atoms with Gasteiger partial charge in [0, 0.05) is 91.3 Å². The van der Waals surface area contributed by atoms with Gasteiger partial charge in [0.05, 0.1) is 72.2 Å². The molecule has 0 atom stereocenters. The number of hydrogen-bond donors (Lipinski definition) is 1. The summed E-state index contributed by atoms with van der Waals surface area (Å²) in [6.07, 6.45) is 13.4. The third-order valence-electron chi connectivity index (χ3n) is 11.8. The molecule has 90 heavy (non-hydrogen) atoms. The summed E-state index contributed by atoms with van der Waals surface area (Å²) in [4.78, 5) is 76.0. The van der Waals surface area contributed by atoms with Crippen LogP contribution in [0.25, 0.3) is 33.4 Å². The number of anilines is 3. The number of hydrogen-bond acceptors (Lipinski definition) is 23. The van der Waals surface area contributed by atoms with E-state index >= 15 is 0 Å². The molecule has 0 aliphatic heterocycles. The van der Waals surface area contributed by atoms with Gasteiger partial charge in [-0.1, -0.05) is 22.3 Å². The highest BCUT2D eigenvalue weighted by atomic mass is 19.1. The molecule has 9 rings (SSSR count). The topological polar surface area (TPSA) is 271 Å². The lowest BCUT2D eigenvalue weighted by molar-refractivity contribution is -0.141. The summed E-state index contributed by atoms with van der Waals surface area (Å²) < 4.78 is 83.4. The number of carboxylic acids is 1. The van der Waals surface area contributed by atoms with E-state index in [-0.39, 0.29) is 65.6 Å². The lowest BCUT2D eigenvalue weighted by atomic mass is 10.1. The van der Waals surface area contributed by atoms with Gasteiger partial charge >= 0.3 is 17.9 Å². The number of aromatic nitrogens is 9. The second-order valence-corrected chi connectivity index (χ2v) is 17.9. The van der Waals surface area contributed by atoms with Crippen molar-refractivity contribution in [2.24, 2.45) is 0 Å². The highest BCUT2D eigenvalue weighted by molar-refractivity contribution is 5.78. The van der Waals surface area contributed by atoms with Crippen LogP contribution in [0.15, 0.2) is 147 Å². The molecule has 1 N–H and O–H groups in total. The van der Waals surface area contributed by atoms with Crippen molar-refractivity contribution in [2.45, 2.75) is 29.2 Å². The van der Waals surface area contributed by atoms with Gasteiger partial charge < -0.3 is 57.7 Å². The Morgan fingerprint density at radius 3 is 1.01 bits per heavy atom. The van der Waals surface area contributed by atoms with Crippen LogP contribution in [-0.2, 0) is 23.9 Å². The van der Waals surface area contributed by atoms with E-state index in [0.717, 1.165) is 0 Å². The number of benzene rings is 3. The van der Waals surface area contributed by atoms with Gasteiger partial charge in [0.25, 0.3) is 0 Å². The van der Waals surface area contributed by atoms with Crippen LogP contribution < -0.4 is 43.1 Å². The van der Waals surface area contributed by atoms with Gasteiger partial charge in [-0.2, -0.15) is 0 Å². The molecule has 0 aliphatic carbocycles. The molecule has 0 aliphatic rings. The van der Waals surface area contributed by atoms with E-state index in [0.29, 0.717) is 92.3 Å². The number of rotatable bonds is 22. The van der Waals surface area contributed by atoms with Crippen LogP contribution in [0, 0.1) is 17.5 Å². The van der Waals surface area contributed by atoms with Crippen LogP contribution in [0.4, 0.5) is 31.0 Å². The molecule has 0 unspecified atom stereocenters. The third kappa shape index (κ3) is 19.6. The quantitative estimate of drug-likeness (QED) is 0.0618. The fourth-order valence-electron chi connectivity index (χ4n) is 7.78. The molecule has 0 bridgehead atoms. The highest BCUT2D eigenvalue weighted by Crippen LogP contribution is 2.40. The maximum Gasteiger partial charge on any atom is 0.325 e. The van der Waals surface area contributed by atoms with E-state index in [2.05, 4.69) is 49.6 Å². The molecule has 0 radical (unpaired) electrons. The molecule has 27 heteroatoms. The van der Waals surface area contributed by atoms with Gasteiger partial charge in [0.1, 0.15) is 54.3 Å². The first-order chi connectivity index (χ1) is 42.0. The predicted octanol–water partition coefficient (Wildman–Crippen LogP) is 11.5. The smallest absolute Gasteiger partial charge is 0.325 e. The number of nitrogens with zero attached hydrogens (tertiary/aromatic N) is 12. The number of carboxylic acid groups (broad SMARTS) is 1. The number of aliphatic carboxylic acids is 1. The minimum Gasteiger partial charge on any atom is -0.496 e. The molecule has 474 valence electrons. The number of esters is 2. The first-order valence-electron chi connectivity index (χ1n) is 25.9. The van der Waals surface area contributed by atoms with Crippen LogP contribution in [-0.4, -0.2) is 144 Å². The number of likely N-dealkylation sites (N-methyl/N-ethyl adjacent to an activating group) is 3. The summed E-state index contributed by atoms with van der Waals surface area (Å²) in [6.45, 7) is 1.88. The minimum atomic E-state index is -0.988. The Morgan fingerprint density at radius 2 is 0.733 bits per heavy atom. The van der Waals surface area contributed by atoms with Gasteiger partial charge in [0.2, 0.25) is 35.5 Å². The number of ether oxygens (including phenoxy) is 8. The maximum absolute atomic E-state index is 13.5. The number of halogens is 3. The molecule has 3 aromatic carbocycles. The molecule has 0 fully saturated rings. The zero-order valence-electron chi connectivity index (χ0n) is 48.1. The van der Waals surface area contributed by atoms with Gasteiger partial charge in [-0.05, 0) is 79.7 Å². The minimum absolute atomic E-state index is 0. The van der Waals surface area contributed by atoms with Crippen molar-refractivity contribution in [1.82, 2.24) is 44.9 Å². The standard InChI is InChI=1S/C21H21FN4O4.C20H19FN4O4.C19H17FN4O4.3CH4/c1-4-29-19(27)13-26(2)21-24-11-15(12-25-21)30-20-17(6-5-9-23-20)16-8-7-14(22)10-18(16)28-3;1-25(12-18(26)28-3)20-23-10-14(11-24-20)29-19-16(5-4-8-22-19)15-7-6-13(21)9-17(15)27-2;1-24(11-17(25)26)19-22-9-13(10-23-19)28-18-15(4-3-7-21-18)14-6-5-12(20)8-16(14)27-2;;;/h5-12H,4,13H2,1-3H3;4-11H,12H2,1-3H3;3-10H,11H2,1-2H3,(H,25,26);3*1H4. The monoisotopic (exact) mass is 1240 g/mol. The fraction of sp³-hybridized carbons (Fsp3) is 0.238. The fourth-order valence-corrected chi connectivity index (χ4v) is 7.78. The molecule has 9 aromatic rings. The first kappa shape index (κ1) is 71.2. The number of pyridine rings is 3. The van der Waals surface area contributed by atoms with E-state index in [1.165, 1.54) is 107 Å². The lowest BCUT2D eigenvalue weighted by Gasteiger charge is -2.16. The number of carbonyl (C=O) groups is 3. The Labute approximate surface area is 518 Å². The second kappa shape index (κ2) is 34.8. The Balaban J connectivity index is 0.000000284. The average molecular weight is 1240 g/mol. The molecule has 6 heterocycles. The van der Waals surface area contributed by atoms with E-state index < -0.39 is 29.4 Å². The summed E-state index contributed by atoms with van der Waals surface area (Å²) >= 11 is 0. The molecular weight excluding hydrogens is 1170 g/mol. The Bertz CT molecular complexity index is 3770. The van der Waals surface area contributed by atoms with Crippen LogP contribution in [0.1, 0.15) is 29.2 Å². The summed E-state index contributed by atoms with van der Waals surface area (Å²) in [5.41, 5.74) is 3.73. The van der Waals surface area contributed by atoms with Crippen molar-refractivity contribution in [3.8, 4) is 85.5 Å². The molecular formula is C63H69F3N12O12. The van der Waals surface area contributed by atoms with E-state index in [1.807, 2.05) is 0 Å². The number of methoxy groups -OCH3 is 4. The van der Waals surface area contributed by atoms with Gasteiger partial charge in [0.15, 0.2) is 17.2 Å². The van der Waals surface area contributed by atoms with Crippen LogP contribution in [0.5, 0.6) is 52.1 Å². The van der Waals surface area contributed by atoms with Crippen molar-refractivity contribution >= 4 is 35.8 Å². The van der Waals surface area contributed by atoms with Crippen molar-refractivity contribution in [3.63, 3.8) is 0 Å². The van der Waals surface area contributed by atoms with Crippen molar-refractivity contribution in [3.05, 3.63) is 164 Å². The highest BCUT2D eigenvalue weighted by Gasteiger charge is 2.20. The molecule has 0 amide bonds. The Morgan fingerprint density at radius 1 is 0.433 bits per heavy atom. The molecule has 6 aromatic heterocycles. The number of carbonyl (C=O) groups excluding carboxylic acids is 2. The van der Waals surface area contributed by atoms with Gasteiger partial charge in [-0.3, -0.25) is 14.4 Å².